The molecule has 0 saturated carbocycles. The summed E-state index contributed by atoms with van der Waals surface area (Å²) in [6, 6.07) is 0. The summed E-state index contributed by atoms with van der Waals surface area (Å²) in [5.74, 6) is 1.18. The minimum Gasteiger partial charge on any atom is -0.466 e. The van der Waals surface area contributed by atoms with Gasteiger partial charge in [-0.15, -0.1) is 0 Å². The molecule has 0 aromatic rings. The first-order chi connectivity index (χ1) is 14.3. The average molecular weight is 429 g/mol. The smallest absolute Gasteiger partial charge is 0.305 e. The maximum atomic E-state index is 11.2. The van der Waals surface area contributed by atoms with E-state index in [-0.39, 0.29) is 11.9 Å². The van der Waals surface area contributed by atoms with E-state index in [1.165, 1.54) is 38.5 Å². The standard InChI is InChI=1S/2C13H26O2/c2*1-4-5-6-7-8-9-13(14)15-11-10-12(2)3/h2*12H,4-11H2,1-3H3. The molecule has 0 amide bonds. The average Bonchev–Trinajstić information content (AvgIpc) is 2.67. The first-order valence-electron chi connectivity index (χ1n) is 12.6. The molecule has 180 valence electrons. The van der Waals surface area contributed by atoms with Gasteiger partial charge in [-0.05, 0) is 37.5 Å². The fourth-order valence-electron chi connectivity index (χ4n) is 2.71. The Bertz CT molecular complexity index is 341. The Morgan fingerprint density at radius 2 is 0.900 bits per heavy atom. The van der Waals surface area contributed by atoms with Crippen LogP contribution in [0.2, 0.25) is 0 Å². The van der Waals surface area contributed by atoms with Gasteiger partial charge in [0.15, 0.2) is 0 Å². The molecule has 0 spiro atoms. The van der Waals surface area contributed by atoms with Crippen LogP contribution >= 0.6 is 0 Å². The molecule has 0 aliphatic heterocycles. The van der Waals surface area contributed by atoms with Crippen LogP contribution in [0.1, 0.15) is 131 Å². The monoisotopic (exact) mass is 428 g/mol. The molecule has 0 N–H and O–H groups in total. The van der Waals surface area contributed by atoms with Crippen molar-refractivity contribution >= 4 is 11.9 Å². The summed E-state index contributed by atoms with van der Waals surface area (Å²) < 4.78 is 10.2. The Labute approximate surface area is 187 Å². The minimum absolute atomic E-state index is 0.0212. The molecule has 30 heavy (non-hydrogen) atoms. The summed E-state index contributed by atoms with van der Waals surface area (Å²) in [5, 5.41) is 0. The van der Waals surface area contributed by atoms with E-state index in [9.17, 15) is 9.59 Å². The van der Waals surface area contributed by atoms with Gasteiger partial charge >= 0.3 is 11.9 Å². The number of carbonyl (C=O) groups is 2. The Balaban J connectivity index is 0. The second-order valence-electron chi connectivity index (χ2n) is 9.13. The van der Waals surface area contributed by atoms with Crippen LogP contribution in [-0.4, -0.2) is 25.2 Å². The largest absolute Gasteiger partial charge is 0.466 e. The zero-order valence-corrected chi connectivity index (χ0v) is 21.1. The minimum atomic E-state index is -0.0212. The Morgan fingerprint density at radius 1 is 0.567 bits per heavy atom. The summed E-state index contributed by atoms with van der Waals surface area (Å²) in [5.41, 5.74) is 0. The molecular formula is C26H52O4. The van der Waals surface area contributed by atoms with Gasteiger partial charge in [-0.1, -0.05) is 92.9 Å². The fourth-order valence-corrected chi connectivity index (χ4v) is 2.71. The second kappa shape index (κ2) is 24.2. The zero-order chi connectivity index (χ0) is 23.0. The Hall–Kier alpha value is -1.06. The molecule has 4 heteroatoms. The van der Waals surface area contributed by atoms with E-state index in [1.807, 2.05) is 0 Å². The van der Waals surface area contributed by atoms with Crippen LogP contribution in [0, 0.1) is 11.8 Å². The molecule has 4 nitrogen and oxygen atoms in total. The molecule has 0 unspecified atom stereocenters. The number of carbonyl (C=O) groups excluding carboxylic acids is 2. The van der Waals surface area contributed by atoms with Crippen molar-refractivity contribution in [1.82, 2.24) is 0 Å². The highest BCUT2D eigenvalue weighted by molar-refractivity contribution is 5.69. The lowest BCUT2D eigenvalue weighted by Gasteiger charge is -2.06. The number of unbranched alkanes of at least 4 members (excludes halogenated alkanes) is 8. The second-order valence-corrected chi connectivity index (χ2v) is 9.13. The van der Waals surface area contributed by atoms with Crippen molar-refractivity contribution in [2.45, 2.75) is 131 Å². The van der Waals surface area contributed by atoms with E-state index in [4.69, 9.17) is 9.47 Å². The summed E-state index contributed by atoms with van der Waals surface area (Å²) in [6.07, 6.45) is 15.0. The third-order valence-electron chi connectivity index (χ3n) is 4.89. The zero-order valence-electron chi connectivity index (χ0n) is 21.1. The number of esters is 2. The highest BCUT2D eigenvalue weighted by Gasteiger charge is 2.04. The van der Waals surface area contributed by atoms with Crippen LogP contribution in [0.15, 0.2) is 0 Å². The van der Waals surface area contributed by atoms with Crippen molar-refractivity contribution in [3.8, 4) is 0 Å². The molecule has 0 aliphatic rings. The number of hydrogen-bond donors (Lipinski definition) is 0. The summed E-state index contributed by atoms with van der Waals surface area (Å²) >= 11 is 0. The third-order valence-corrected chi connectivity index (χ3v) is 4.89. The van der Waals surface area contributed by atoms with Gasteiger partial charge in [0.25, 0.3) is 0 Å². The van der Waals surface area contributed by atoms with E-state index in [1.54, 1.807) is 0 Å². The van der Waals surface area contributed by atoms with Crippen molar-refractivity contribution in [2.24, 2.45) is 11.8 Å². The van der Waals surface area contributed by atoms with E-state index in [2.05, 4.69) is 41.5 Å². The first-order valence-corrected chi connectivity index (χ1v) is 12.6. The SMILES string of the molecule is CCCCCCCC(=O)OCCC(C)C.CCCCCCCC(=O)OCCC(C)C. The van der Waals surface area contributed by atoms with E-state index in [0.29, 0.717) is 37.9 Å². The van der Waals surface area contributed by atoms with E-state index >= 15 is 0 Å². The lowest BCUT2D eigenvalue weighted by molar-refractivity contribution is -0.145. The van der Waals surface area contributed by atoms with Gasteiger partial charge in [-0.2, -0.15) is 0 Å². The van der Waals surface area contributed by atoms with Crippen LogP contribution in [0.4, 0.5) is 0 Å². The van der Waals surface area contributed by atoms with Gasteiger partial charge in [-0.25, -0.2) is 0 Å². The third kappa shape index (κ3) is 29.1. The van der Waals surface area contributed by atoms with Crippen molar-refractivity contribution in [3.63, 3.8) is 0 Å². The van der Waals surface area contributed by atoms with Crippen LogP contribution in [0.3, 0.4) is 0 Å². The van der Waals surface area contributed by atoms with Gasteiger partial charge in [0.1, 0.15) is 0 Å². The maximum absolute atomic E-state index is 11.2. The van der Waals surface area contributed by atoms with Gasteiger partial charge < -0.3 is 9.47 Å². The van der Waals surface area contributed by atoms with Crippen LogP contribution in [0.5, 0.6) is 0 Å². The topological polar surface area (TPSA) is 52.6 Å². The normalized spacial score (nSPS) is 10.7. The number of rotatable bonds is 18. The lowest BCUT2D eigenvalue weighted by Crippen LogP contribution is -2.07. The van der Waals surface area contributed by atoms with Crippen molar-refractivity contribution in [2.75, 3.05) is 13.2 Å². The van der Waals surface area contributed by atoms with Gasteiger partial charge in [0.2, 0.25) is 0 Å². The van der Waals surface area contributed by atoms with Crippen LogP contribution in [0.25, 0.3) is 0 Å². The molecule has 0 aromatic heterocycles. The Kier molecular flexibility index (Phi) is 25.1. The lowest BCUT2D eigenvalue weighted by atomic mass is 10.1. The molecule has 0 bridgehead atoms. The van der Waals surface area contributed by atoms with Crippen molar-refractivity contribution in [3.05, 3.63) is 0 Å². The predicted octanol–water partition coefficient (Wildman–Crippen LogP) is 7.87. The highest BCUT2D eigenvalue weighted by atomic mass is 16.5. The van der Waals surface area contributed by atoms with Crippen molar-refractivity contribution in [1.29, 1.82) is 0 Å². The molecule has 0 aliphatic carbocycles. The van der Waals surface area contributed by atoms with E-state index in [0.717, 1.165) is 38.5 Å². The summed E-state index contributed by atoms with van der Waals surface area (Å²) in [6.45, 7) is 14.1. The highest BCUT2D eigenvalue weighted by Crippen LogP contribution is 2.07. The quantitative estimate of drug-likeness (QED) is 0.165. The molecule has 0 aromatic carbocycles. The molecule has 0 atom stereocenters. The van der Waals surface area contributed by atoms with Crippen molar-refractivity contribution < 1.29 is 19.1 Å². The summed E-state index contributed by atoms with van der Waals surface area (Å²) in [7, 11) is 0. The molecule has 0 radical (unpaired) electrons. The molecule has 0 rings (SSSR count). The Morgan fingerprint density at radius 3 is 1.20 bits per heavy atom. The van der Waals surface area contributed by atoms with Gasteiger partial charge in [-0.3, -0.25) is 9.59 Å². The molecule has 0 saturated heterocycles. The molecule has 0 fully saturated rings. The van der Waals surface area contributed by atoms with Gasteiger partial charge in [0, 0.05) is 12.8 Å². The fraction of sp³-hybridized carbons (Fsp3) is 0.923. The first kappa shape index (κ1) is 31.1. The predicted molar refractivity (Wildman–Crippen MR) is 128 cm³/mol. The number of hydrogen-bond acceptors (Lipinski definition) is 4. The van der Waals surface area contributed by atoms with Gasteiger partial charge in [0.05, 0.1) is 13.2 Å². The molecular weight excluding hydrogens is 376 g/mol. The van der Waals surface area contributed by atoms with E-state index < -0.39 is 0 Å². The number of ether oxygens (including phenoxy) is 2. The molecule has 0 heterocycles. The summed E-state index contributed by atoms with van der Waals surface area (Å²) in [4.78, 5) is 22.5. The van der Waals surface area contributed by atoms with Crippen LogP contribution in [-0.2, 0) is 19.1 Å². The van der Waals surface area contributed by atoms with Crippen LogP contribution < -0.4 is 0 Å². The maximum Gasteiger partial charge on any atom is 0.305 e.